The fraction of sp³-hybridized carbons (Fsp3) is 0.364. The van der Waals surface area contributed by atoms with Crippen LogP contribution < -0.4 is 10.1 Å². The van der Waals surface area contributed by atoms with E-state index in [4.69, 9.17) is 4.74 Å². The summed E-state index contributed by atoms with van der Waals surface area (Å²) < 4.78 is 35.0. The maximum Gasteiger partial charge on any atom is 0.255 e. The Balaban J connectivity index is 1.74. The first-order valence-electron chi connectivity index (χ1n) is 9.93. The van der Waals surface area contributed by atoms with Crippen molar-refractivity contribution < 1.29 is 23.4 Å². The van der Waals surface area contributed by atoms with Crippen molar-refractivity contribution in [3.63, 3.8) is 0 Å². The van der Waals surface area contributed by atoms with Crippen LogP contribution in [-0.2, 0) is 6.54 Å². The summed E-state index contributed by atoms with van der Waals surface area (Å²) in [5, 5.41) is 13.1. The van der Waals surface area contributed by atoms with Crippen LogP contribution in [0, 0.1) is 11.6 Å². The van der Waals surface area contributed by atoms with Crippen molar-refractivity contribution in [1.29, 1.82) is 0 Å². The minimum atomic E-state index is -0.932. The molecule has 6 nitrogen and oxygen atoms in total. The molecule has 8 heteroatoms. The van der Waals surface area contributed by atoms with Gasteiger partial charge >= 0.3 is 0 Å². The topological polar surface area (TPSA) is 76.4 Å². The predicted octanol–water partition coefficient (Wildman–Crippen LogP) is 3.40. The number of methoxy groups -OCH3 is 1. The van der Waals surface area contributed by atoms with Gasteiger partial charge in [-0.2, -0.15) is 0 Å². The molecule has 1 saturated carbocycles. The van der Waals surface area contributed by atoms with Gasteiger partial charge in [-0.1, -0.05) is 25.0 Å². The van der Waals surface area contributed by atoms with Crippen molar-refractivity contribution in [2.75, 3.05) is 7.11 Å². The predicted molar refractivity (Wildman–Crippen MR) is 107 cm³/mol. The van der Waals surface area contributed by atoms with Gasteiger partial charge in [-0.05, 0) is 18.9 Å². The van der Waals surface area contributed by atoms with E-state index in [1.165, 1.54) is 25.4 Å². The molecule has 1 aliphatic rings. The fourth-order valence-electron chi connectivity index (χ4n) is 4.03. The monoisotopic (exact) mass is 415 g/mol. The highest BCUT2D eigenvalue weighted by atomic mass is 19.2. The minimum Gasteiger partial charge on any atom is -0.494 e. The largest absolute Gasteiger partial charge is 0.494 e. The molecule has 3 aromatic rings. The zero-order valence-electron chi connectivity index (χ0n) is 16.6. The van der Waals surface area contributed by atoms with Crippen molar-refractivity contribution in [2.24, 2.45) is 0 Å². The summed E-state index contributed by atoms with van der Waals surface area (Å²) in [5.74, 6) is -1.77. The Morgan fingerprint density at radius 1 is 1.30 bits per heavy atom. The number of pyridine rings is 1. The second-order valence-corrected chi connectivity index (χ2v) is 7.53. The SMILES string of the molecule is COc1ccnc2c(C(=O)N[C@H]3CCCC[C@@H]3O)cn(Cc3cccc(F)c3F)c12. The lowest BCUT2D eigenvalue weighted by Crippen LogP contribution is -2.45. The lowest BCUT2D eigenvalue weighted by molar-refractivity contribution is 0.0718. The summed E-state index contributed by atoms with van der Waals surface area (Å²) in [5.41, 5.74) is 1.35. The van der Waals surface area contributed by atoms with Crippen LogP contribution in [0.15, 0.2) is 36.7 Å². The first kappa shape index (κ1) is 20.3. The first-order valence-corrected chi connectivity index (χ1v) is 9.93. The number of halogens is 2. The summed E-state index contributed by atoms with van der Waals surface area (Å²) in [7, 11) is 1.49. The van der Waals surface area contributed by atoms with Gasteiger partial charge in [0.15, 0.2) is 11.6 Å². The molecule has 1 aliphatic carbocycles. The summed E-state index contributed by atoms with van der Waals surface area (Å²) in [6.45, 7) is 0.00147. The number of nitrogens with zero attached hydrogens (tertiary/aromatic N) is 2. The van der Waals surface area contributed by atoms with Crippen LogP contribution in [0.5, 0.6) is 5.75 Å². The molecule has 0 radical (unpaired) electrons. The molecule has 30 heavy (non-hydrogen) atoms. The van der Waals surface area contributed by atoms with Gasteiger partial charge in [0.1, 0.15) is 16.8 Å². The molecule has 2 heterocycles. The van der Waals surface area contributed by atoms with Crippen molar-refractivity contribution in [3.05, 3.63) is 59.4 Å². The van der Waals surface area contributed by atoms with Crippen LogP contribution in [-0.4, -0.2) is 39.8 Å². The van der Waals surface area contributed by atoms with E-state index in [2.05, 4.69) is 10.3 Å². The third-order valence-electron chi connectivity index (χ3n) is 5.60. The molecular weight excluding hydrogens is 392 g/mol. The second kappa shape index (κ2) is 8.39. The highest BCUT2D eigenvalue weighted by Gasteiger charge is 2.27. The molecular formula is C22H23F2N3O3. The number of fused-ring (bicyclic) bond motifs is 1. The molecule has 1 aromatic carbocycles. The summed E-state index contributed by atoms with van der Waals surface area (Å²) in [6.07, 6.45) is 5.74. The number of benzene rings is 1. The Morgan fingerprint density at radius 3 is 2.87 bits per heavy atom. The number of hydrogen-bond acceptors (Lipinski definition) is 4. The van der Waals surface area contributed by atoms with Gasteiger partial charge < -0.3 is 19.7 Å². The van der Waals surface area contributed by atoms with Crippen molar-refractivity contribution in [1.82, 2.24) is 14.9 Å². The minimum absolute atomic E-state index is 0.00147. The summed E-state index contributed by atoms with van der Waals surface area (Å²) in [4.78, 5) is 17.3. The molecule has 0 aliphatic heterocycles. The van der Waals surface area contributed by atoms with Crippen LogP contribution in [0.25, 0.3) is 11.0 Å². The number of aliphatic hydroxyl groups is 1. The van der Waals surface area contributed by atoms with Crippen LogP contribution in [0.1, 0.15) is 41.6 Å². The number of ether oxygens (including phenoxy) is 1. The van der Waals surface area contributed by atoms with Gasteiger partial charge in [-0.3, -0.25) is 9.78 Å². The smallest absolute Gasteiger partial charge is 0.255 e. The molecule has 0 spiro atoms. The van der Waals surface area contributed by atoms with E-state index in [9.17, 15) is 18.7 Å². The van der Waals surface area contributed by atoms with E-state index >= 15 is 0 Å². The zero-order valence-corrected chi connectivity index (χ0v) is 16.6. The summed E-state index contributed by atoms with van der Waals surface area (Å²) in [6, 6.07) is 5.31. The third kappa shape index (κ3) is 3.75. The van der Waals surface area contributed by atoms with Gasteiger partial charge in [-0.25, -0.2) is 8.78 Å². The van der Waals surface area contributed by atoms with E-state index in [0.29, 0.717) is 35.2 Å². The molecule has 2 N–H and O–H groups in total. The average Bonchev–Trinajstić information content (AvgIpc) is 3.12. The van der Waals surface area contributed by atoms with Crippen LogP contribution in [0.3, 0.4) is 0 Å². The molecule has 0 bridgehead atoms. The Labute approximate surface area is 172 Å². The van der Waals surface area contributed by atoms with E-state index in [0.717, 1.165) is 18.9 Å². The maximum atomic E-state index is 14.2. The Kier molecular flexibility index (Phi) is 5.67. The van der Waals surface area contributed by atoms with Gasteiger partial charge in [0, 0.05) is 24.0 Å². The molecule has 2 aromatic heterocycles. The standard InChI is InChI=1S/C22H23F2N3O3/c1-30-18-9-10-25-20-14(22(29)26-16-7-2-3-8-17(16)28)12-27(21(18)20)11-13-5-4-6-15(23)19(13)24/h4-6,9-10,12,16-17,28H,2-3,7-8,11H2,1H3,(H,26,29)/t16-,17-/m0/s1. The van der Waals surface area contributed by atoms with Crippen molar-refractivity contribution >= 4 is 16.9 Å². The first-order chi connectivity index (χ1) is 14.5. The Bertz CT molecular complexity index is 1080. The average molecular weight is 415 g/mol. The highest BCUT2D eigenvalue weighted by molar-refractivity contribution is 6.06. The van der Waals surface area contributed by atoms with E-state index < -0.39 is 17.7 Å². The quantitative estimate of drug-likeness (QED) is 0.670. The van der Waals surface area contributed by atoms with Crippen molar-refractivity contribution in [2.45, 2.75) is 44.4 Å². The number of rotatable bonds is 5. The van der Waals surface area contributed by atoms with Gasteiger partial charge in [0.25, 0.3) is 5.91 Å². The molecule has 4 rings (SSSR count). The fourth-order valence-corrected chi connectivity index (χ4v) is 4.03. The number of hydrogen-bond donors (Lipinski definition) is 2. The molecule has 0 unspecified atom stereocenters. The number of nitrogens with one attached hydrogen (secondary N) is 1. The molecule has 0 saturated heterocycles. The van der Waals surface area contributed by atoms with Gasteiger partial charge in [0.05, 0.1) is 31.4 Å². The van der Waals surface area contributed by atoms with Gasteiger partial charge in [-0.15, -0.1) is 0 Å². The number of carbonyl (C=O) groups is 1. The lowest BCUT2D eigenvalue weighted by Gasteiger charge is -2.28. The Hall–Kier alpha value is -3.00. The normalized spacial score (nSPS) is 19.1. The second-order valence-electron chi connectivity index (χ2n) is 7.53. The number of aliphatic hydroxyl groups excluding tert-OH is 1. The maximum absolute atomic E-state index is 14.2. The van der Waals surface area contributed by atoms with Crippen molar-refractivity contribution in [3.8, 4) is 5.75 Å². The van der Waals surface area contributed by atoms with E-state index in [1.54, 1.807) is 16.8 Å². The van der Waals surface area contributed by atoms with Crippen LogP contribution in [0.4, 0.5) is 8.78 Å². The summed E-state index contributed by atoms with van der Waals surface area (Å²) >= 11 is 0. The highest BCUT2D eigenvalue weighted by Crippen LogP contribution is 2.30. The molecule has 1 fully saturated rings. The molecule has 1 amide bonds. The molecule has 2 atom stereocenters. The van der Waals surface area contributed by atoms with E-state index in [-0.39, 0.29) is 24.1 Å². The van der Waals surface area contributed by atoms with Crippen LogP contribution in [0.2, 0.25) is 0 Å². The van der Waals surface area contributed by atoms with Gasteiger partial charge in [0.2, 0.25) is 0 Å². The number of carbonyl (C=O) groups excluding carboxylic acids is 1. The van der Waals surface area contributed by atoms with Crippen LogP contribution >= 0.6 is 0 Å². The lowest BCUT2D eigenvalue weighted by atomic mass is 9.92. The number of aromatic nitrogens is 2. The molecule has 158 valence electrons. The van der Waals surface area contributed by atoms with E-state index in [1.807, 2.05) is 0 Å². The Morgan fingerprint density at radius 2 is 2.10 bits per heavy atom. The third-order valence-corrected chi connectivity index (χ3v) is 5.60. The number of amides is 1. The zero-order chi connectivity index (χ0) is 21.3.